The van der Waals surface area contributed by atoms with Gasteiger partial charge in [-0.3, -0.25) is 9.59 Å². The normalized spacial score (nSPS) is 10.7. The molecule has 10 heteroatoms. The molecule has 2 aromatic heterocycles. The smallest absolute Gasteiger partial charge is 0.326 e. The second-order valence-corrected chi connectivity index (χ2v) is 7.40. The van der Waals surface area contributed by atoms with Crippen molar-refractivity contribution >= 4 is 17.7 Å². The van der Waals surface area contributed by atoms with Crippen LogP contribution in [-0.2, 0) is 28.2 Å². The van der Waals surface area contributed by atoms with Crippen LogP contribution < -0.4 is 10.3 Å². The highest BCUT2D eigenvalue weighted by Gasteiger charge is 2.14. The number of hydrogen-bond donors (Lipinski definition) is 0. The minimum Gasteiger partial charge on any atom is -0.467 e. The fourth-order valence-corrected chi connectivity index (χ4v) is 3.62. The molecule has 0 aliphatic heterocycles. The molecule has 0 aliphatic rings. The molecular formula is C21H21FN4O4S. The van der Waals surface area contributed by atoms with Crippen molar-refractivity contribution in [2.24, 2.45) is 0 Å². The summed E-state index contributed by atoms with van der Waals surface area (Å²) < 4.78 is 24.7. The lowest BCUT2D eigenvalue weighted by molar-refractivity contribution is -0.144. The van der Waals surface area contributed by atoms with Gasteiger partial charge in [0.1, 0.15) is 12.4 Å². The molecule has 2 heterocycles. The van der Waals surface area contributed by atoms with E-state index in [1.165, 1.54) is 31.0 Å². The van der Waals surface area contributed by atoms with E-state index in [4.69, 9.17) is 9.47 Å². The first-order valence-corrected chi connectivity index (χ1v) is 10.4. The van der Waals surface area contributed by atoms with Gasteiger partial charge in [0.25, 0.3) is 5.56 Å². The van der Waals surface area contributed by atoms with Gasteiger partial charge in [-0.25, -0.2) is 14.4 Å². The van der Waals surface area contributed by atoms with Gasteiger partial charge < -0.3 is 14.0 Å². The third-order valence-corrected chi connectivity index (χ3v) is 5.24. The van der Waals surface area contributed by atoms with Crippen molar-refractivity contribution in [3.05, 3.63) is 75.7 Å². The molecule has 0 saturated heterocycles. The van der Waals surface area contributed by atoms with Crippen LogP contribution in [0.5, 0.6) is 6.01 Å². The Bertz CT molecular complexity index is 1090. The lowest BCUT2D eigenvalue weighted by Gasteiger charge is -2.13. The molecule has 0 bridgehead atoms. The Morgan fingerprint density at radius 2 is 1.87 bits per heavy atom. The fourth-order valence-electron chi connectivity index (χ4n) is 2.70. The predicted octanol–water partition coefficient (Wildman–Crippen LogP) is 2.63. The molecule has 162 valence electrons. The molecule has 3 rings (SSSR count). The SMILES string of the molecule is CCOC(=O)Cn1cc(Cc2cnc(OC)nc2)c(=O)nc1SCc1ccc(F)cc1. The van der Waals surface area contributed by atoms with Crippen molar-refractivity contribution in [2.45, 2.75) is 30.8 Å². The maximum absolute atomic E-state index is 13.1. The number of benzene rings is 1. The molecule has 31 heavy (non-hydrogen) atoms. The molecular weight excluding hydrogens is 423 g/mol. The molecule has 0 unspecified atom stereocenters. The van der Waals surface area contributed by atoms with E-state index in [0.717, 1.165) is 5.56 Å². The number of carbonyl (C=O) groups excluding carboxylic acids is 1. The molecule has 0 spiro atoms. The van der Waals surface area contributed by atoms with Gasteiger partial charge in [-0.2, -0.15) is 4.98 Å². The maximum Gasteiger partial charge on any atom is 0.326 e. The monoisotopic (exact) mass is 444 g/mol. The molecule has 0 radical (unpaired) electrons. The van der Waals surface area contributed by atoms with Gasteiger partial charge in [0.2, 0.25) is 0 Å². The highest BCUT2D eigenvalue weighted by molar-refractivity contribution is 7.98. The first kappa shape index (κ1) is 22.4. The molecule has 8 nitrogen and oxygen atoms in total. The summed E-state index contributed by atoms with van der Waals surface area (Å²) in [5.74, 6) is -0.297. The molecule has 0 saturated carbocycles. The number of aromatic nitrogens is 4. The number of thioether (sulfide) groups is 1. The highest BCUT2D eigenvalue weighted by atomic mass is 32.2. The van der Waals surface area contributed by atoms with Gasteiger partial charge in [0, 0.05) is 36.3 Å². The second kappa shape index (κ2) is 10.7. The van der Waals surface area contributed by atoms with Crippen LogP contribution in [0.25, 0.3) is 0 Å². The van der Waals surface area contributed by atoms with E-state index < -0.39 is 11.5 Å². The van der Waals surface area contributed by atoms with Crippen LogP contribution in [-0.4, -0.2) is 39.2 Å². The lowest BCUT2D eigenvalue weighted by atomic mass is 10.1. The summed E-state index contributed by atoms with van der Waals surface area (Å²) >= 11 is 1.28. The number of hydrogen-bond acceptors (Lipinski definition) is 8. The summed E-state index contributed by atoms with van der Waals surface area (Å²) in [6.45, 7) is 1.89. The van der Waals surface area contributed by atoms with Crippen LogP contribution in [0.4, 0.5) is 4.39 Å². The van der Waals surface area contributed by atoms with Crippen LogP contribution in [0.15, 0.2) is 52.8 Å². The van der Waals surface area contributed by atoms with E-state index in [9.17, 15) is 14.0 Å². The third-order valence-electron chi connectivity index (χ3n) is 4.17. The van der Waals surface area contributed by atoms with Gasteiger partial charge in [0.15, 0.2) is 5.16 Å². The summed E-state index contributed by atoms with van der Waals surface area (Å²) in [6.07, 6.45) is 4.99. The summed E-state index contributed by atoms with van der Waals surface area (Å²) in [5.41, 5.74) is 1.55. The third kappa shape index (κ3) is 6.35. The zero-order chi connectivity index (χ0) is 22.2. The number of esters is 1. The van der Waals surface area contributed by atoms with E-state index in [2.05, 4.69) is 15.0 Å². The van der Waals surface area contributed by atoms with Gasteiger partial charge in [-0.1, -0.05) is 23.9 Å². The summed E-state index contributed by atoms with van der Waals surface area (Å²) in [4.78, 5) is 36.9. The number of ether oxygens (including phenoxy) is 2. The van der Waals surface area contributed by atoms with E-state index in [0.29, 0.717) is 22.0 Å². The van der Waals surface area contributed by atoms with Crippen molar-refractivity contribution in [1.29, 1.82) is 0 Å². The highest BCUT2D eigenvalue weighted by Crippen LogP contribution is 2.21. The van der Waals surface area contributed by atoms with Crippen molar-refractivity contribution in [1.82, 2.24) is 19.5 Å². The Hall–Kier alpha value is -3.27. The van der Waals surface area contributed by atoms with Gasteiger partial charge in [-0.15, -0.1) is 0 Å². The van der Waals surface area contributed by atoms with Crippen LogP contribution in [0, 0.1) is 5.82 Å². The predicted molar refractivity (Wildman–Crippen MR) is 112 cm³/mol. The van der Waals surface area contributed by atoms with Crippen molar-refractivity contribution in [3.8, 4) is 6.01 Å². The largest absolute Gasteiger partial charge is 0.467 e. The lowest BCUT2D eigenvalue weighted by Crippen LogP contribution is -2.23. The first-order valence-electron chi connectivity index (χ1n) is 9.46. The number of halogens is 1. The molecule has 1 aromatic carbocycles. The van der Waals surface area contributed by atoms with E-state index in [-0.39, 0.29) is 31.4 Å². The molecule has 0 amide bonds. The minimum atomic E-state index is -0.435. The Labute approximate surface area is 182 Å². The van der Waals surface area contributed by atoms with E-state index in [1.54, 1.807) is 42.2 Å². The minimum absolute atomic E-state index is 0.0843. The molecule has 0 fully saturated rings. The Balaban J connectivity index is 1.85. The maximum atomic E-state index is 13.1. The quantitative estimate of drug-likeness (QED) is 0.282. The van der Waals surface area contributed by atoms with Crippen molar-refractivity contribution in [3.63, 3.8) is 0 Å². The second-order valence-electron chi connectivity index (χ2n) is 6.46. The summed E-state index contributed by atoms with van der Waals surface area (Å²) in [5, 5.41) is 0.372. The number of nitrogens with zero attached hydrogens (tertiary/aromatic N) is 4. The Morgan fingerprint density at radius 1 is 1.16 bits per heavy atom. The standard InChI is InChI=1S/C21H21FN4O4S/c1-3-30-18(27)12-26-11-16(8-15-9-23-20(29-2)24-10-15)19(28)25-21(26)31-13-14-4-6-17(22)7-5-14/h4-7,9-11H,3,8,12-13H2,1-2H3. The van der Waals surface area contributed by atoms with E-state index in [1.807, 2.05) is 0 Å². The van der Waals surface area contributed by atoms with Crippen LogP contribution in [0.3, 0.4) is 0 Å². The molecule has 0 atom stereocenters. The summed E-state index contributed by atoms with van der Waals surface area (Å²) in [7, 11) is 1.47. The average Bonchev–Trinajstić information content (AvgIpc) is 2.76. The topological polar surface area (TPSA) is 96.2 Å². The van der Waals surface area contributed by atoms with Crippen molar-refractivity contribution < 1.29 is 18.7 Å². The number of methoxy groups -OCH3 is 1. The molecule has 0 N–H and O–H groups in total. The van der Waals surface area contributed by atoms with Gasteiger partial charge in [-0.05, 0) is 30.2 Å². The Morgan fingerprint density at radius 3 is 2.52 bits per heavy atom. The van der Waals surface area contributed by atoms with Crippen LogP contribution >= 0.6 is 11.8 Å². The van der Waals surface area contributed by atoms with Gasteiger partial charge >= 0.3 is 12.0 Å². The average molecular weight is 444 g/mol. The molecule has 3 aromatic rings. The van der Waals surface area contributed by atoms with Crippen LogP contribution in [0.1, 0.15) is 23.6 Å². The first-order chi connectivity index (χ1) is 15.0. The zero-order valence-electron chi connectivity index (χ0n) is 17.1. The molecule has 0 aliphatic carbocycles. The fraction of sp³-hybridized carbons (Fsp3) is 0.286. The van der Waals surface area contributed by atoms with Crippen molar-refractivity contribution in [2.75, 3.05) is 13.7 Å². The number of carbonyl (C=O) groups is 1. The summed E-state index contributed by atoms with van der Waals surface area (Å²) in [6, 6.07) is 6.29. The van der Waals surface area contributed by atoms with Crippen LogP contribution in [0.2, 0.25) is 0 Å². The van der Waals surface area contributed by atoms with E-state index >= 15 is 0 Å². The Kier molecular flexibility index (Phi) is 7.71. The number of rotatable bonds is 9. The van der Waals surface area contributed by atoms with Gasteiger partial charge in [0.05, 0.1) is 13.7 Å². The zero-order valence-corrected chi connectivity index (χ0v) is 17.9.